The van der Waals surface area contributed by atoms with E-state index in [9.17, 15) is 172 Å². The molecule has 33 N–H and O–H groups in total. The van der Waals surface area contributed by atoms with Crippen molar-refractivity contribution >= 4 is 35.5 Å². The van der Waals surface area contributed by atoms with Gasteiger partial charge in [0.1, 0.15) is 232 Å². The van der Waals surface area contributed by atoms with Crippen LogP contribution in [0.15, 0.2) is 0 Å². The molecule has 0 aromatic carbocycles. The summed E-state index contributed by atoms with van der Waals surface area (Å²) in [6, 6.07) is -9.52. The van der Waals surface area contributed by atoms with E-state index in [0.29, 0.717) is 0 Å². The van der Waals surface area contributed by atoms with Gasteiger partial charge in [-0.3, -0.25) is 24.0 Å². The summed E-state index contributed by atoms with van der Waals surface area (Å²) in [5.74, 6) is -10.2. The van der Waals surface area contributed by atoms with Crippen molar-refractivity contribution in [1.82, 2.24) is 26.6 Å². The second-order valence-corrected chi connectivity index (χ2v) is 33.2. The number of carbonyl (C=O) groups excluding carboxylic acids is 5. The van der Waals surface area contributed by atoms with E-state index in [0.717, 1.165) is 34.6 Å². The van der Waals surface area contributed by atoms with Crippen LogP contribution in [0, 0.1) is 0 Å². The molecule has 58 nitrogen and oxygen atoms in total. The Kier molecular flexibility index (Phi) is 38.4. The fraction of sp³-hybridized carbons (Fsp3) is 0.918. The first-order chi connectivity index (χ1) is 61.7. The van der Waals surface area contributed by atoms with Crippen molar-refractivity contribution in [3.05, 3.63) is 0 Å². The largest absolute Gasteiger partial charge is 0.477 e. The highest BCUT2D eigenvalue weighted by molar-refractivity contribution is 5.77. The molecule has 756 valence electrons. The molecule has 5 amide bonds. The molecule has 1 unspecified atom stereocenters. The maximum absolute atomic E-state index is 13.3. The van der Waals surface area contributed by atoms with Crippen LogP contribution >= 0.6 is 0 Å². The van der Waals surface area contributed by atoms with Gasteiger partial charge in [-0.15, -0.1) is 0 Å². The third-order valence-electron chi connectivity index (χ3n) is 23.8. The van der Waals surface area contributed by atoms with Crippen molar-refractivity contribution in [3.8, 4) is 0 Å². The molecule has 0 bridgehead atoms. The number of aliphatic hydroxyl groups is 27. The van der Waals surface area contributed by atoms with Crippen LogP contribution in [0.3, 0.4) is 0 Å². The van der Waals surface area contributed by atoms with E-state index in [1.54, 1.807) is 0 Å². The molecule has 0 radical (unpaired) electrons. The molecule has 131 heavy (non-hydrogen) atoms. The van der Waals surface area contributed by atoms with Crippen LogP contribution in [0.4, 0.5) is 0 Å². The standard InChI is InChI=1S/C73H121N5O53/c1-17-38(93)49(104)52(107)67(115-17)113-16-32-57(46(101)34(63(110)116-32)75-19(3)87)124-65-36(77-21(5)89)47(102)55(29(13-84)121-65)125-68-53(108)59(44(99)31(123-68)15-114-70-61(50(105)41(96)26(10-81)119-70)128-64-35(76-20(4)88)45(100)40(95)25(9-80)117-64)127-71-62(51(106)42(97)27(11-82)120-71)129-66-37(78-22(6)90)48(103)56(30(14-85)122-66)126-69-54(109)60(43(98)28(12-83)118-69)131-73(72(111)112)7-23(91)33(74-18(2)86)58(130-73)39(94)24(92)8-79/h17,23-71,79-85,91-110H,7-16H2,1-6H3,(H,74,86)(H,75,87)(H,76,88)(H,77,89)(H,78,90)(H,111,112)/t17-,23-,24+,25+,26+,27+,28+,29+,30+,31+,32+,33+,34+,35+,36+,37+,38+,39+,40+,41+,42+,43-,44+,45+,46+,47+,48+,49+,50-,51-,52-,53-,54+,55+,56+,57+,58+,59-,60-,61-,62-,63?,64-,65-,66-,67+,68-,69-,70-,71+,73-/m0/s1. The van der Waals surface area contributed by atoms with E-state index in [2.05, 4.69) is 26.6 Å². The molecule has 0 aromatic heterocycles. The highest BCUT2D eigenvalue weighted by atomic mass is 16.8. The van der Waals surface area contributed by atoms with Crippen molar-refractivity contribution in [1.29, 1.82) is 0 Å². The molecule has 10 heterocycles. The first-order valence-corrected chi connectivity index (χ1v) is 41.6. The first-order valence-electron chi connectivity index (χ1n) is 41.6. The second kappa shape index (κ2) is 46.6. The number of aliphatic hydroxyl groups excluding tert-OH is 27. The van der Waals surface area contributed by atoms with Crippen LogP contribution in [0.1, 0.15) is 48.0 Å². The lowest BCUT2D eigenvalue weighted by molar-refractivity contribution is -0.401. The monoisotopic (exact) mass is 1920 g/mol. The molecular weight excluding hydrogens is 1790 g/mol. The number of hydrogen-bond donors (Lipinski definition) is 33. The van der Waals surface area contributed by atoms with Crippen molar-refractivity contribution in [2.45, 2.75) is 360 Å². The van der Waals surface area contributed by atoms with Crippen LogP contribution < -0.4 is 26.6 Å². The molecule has 58 heteroatoms. The fourth-order valence-corrected chi connectivity index (χ4v) is 16.9. The number of carboxylic acid groups (broad SMARTS) is 1. The molecule has 10 saturated heterocycles. The molecule has 10 aliphatic heterocycles. The summed E-state index contributed by atoms with van der Waals surface area (Å²) < 4.78 is 113. The zero-order chi connectivity index (χ0) is 96.9. The summed E-state index contributed by atoms with van der Waals surface area (Å²) in [7, 11) is 0. The minimum absolute atomic E-state index is 0.854. The van der Waals surface area contributed by atoms with Gasteiger partial charge in [0, 0.05) is 41.0 Å². The van der Waals surface area contributed by atoms with Gasteiger partial charge < -0.3 is 260 Å². The Morgan fingerprint density at radius 3 is 1.15 bits per heavy atom. The van der Waals surface area contributed by atoms with E-state index in [-0.39, 0.29) is 0 Å². The first kappa shape index (κ1) is 108. The highest BCUT2D eigenvalue weighted by Crippen LogP contribution is 2.43. The van der Waals surface area contributed by atoms with Crippen LogP contribution in [0.2, 0.25) is 0 Å². The minimum Gasteiger partial charge on any atom is -0.477 e. The van der Waals surface area contributed by atoms with Gasteiger partial charge in [-0.1, -0.05) is 0 Å². The number of amides is 5. The lowest BCUT2D eigenvalue weighted by Crippen LogP contribution is -2.71. The second-order valence-electron chi connectivity index (χ2n) is 33.2. The van der Waals surface area contributed by atoms with Gasteiger partial charge in [-0.05, 0) is 6.92 Å². The Morgan fingerprint density at radius 1 is 0.328 bits per heavy atom. The smallest absolute Gasteiger partial charge is 0.364 e. The van der Waals surface area contributed by atoms with Crippen LogP contribution in [0.25, 0.3) is 0 Å². The van der Waals surface area contributed by atoms with Gasteiger partial charge in [0.25, 0.3) is 5.79 Å². The SMILES string of the molecule is CC(=O)N[C@H]1[C@H](O[C@H]2[C@H](O)[C@@H](NC(C)=O)C(O)O[C@@H]2CO[C@@H]2O[C@@H](C)[C@@H](O)[C@@H](O)[C@@H]2O)O[C@H](CO)[C@@H](O[C@@H]2O[C@H](CO[C@H]3O[C@H](CO)[C@@H](O)[C@H](O)[C@@H]3O[C@@H]3O[C@H](CO)[C@@H](O)[C@H](O)[C@H]3NC(C)=O)[C@@H](O)[C@H](O[C@H]3O[C@H](CO)[C@@H](O)[C@H](O)[C@@H]3O[C@@H]3O[C@H](CO)[C@@H](O[C@@H]4O[C@H](CO)[C@H](O)[C@H](O[C@]5(C(=O)O)C[C@H](O)[C@@H](NC(C)=O)[C@H]([C@H](O)[C@H](O)CO)O5)[C@H]4O)[C@H](O)[C@H]3NC(C)=O)[C@@H]2O)[C@@H]1O. The topological polar surface area (TPSA) is 904 Å². The Labute approximate surface area is 741 Å². The molecule has 10 fully saturated rings. The average molecular weight is 1920 g/mol. The van der Waals surface area contributed by atoms with Crippen LogP contribution in [0.5, 0.6) is 0 Å². The quantitative estimate of drug-likeness (QED) is 0.0280. The van der Waals surface area contributed by atoms with E-state index in [4.69, 9.17) is 90.0 Å². The van der Waals surface area contributed by atoms with Crippen molar-refractivity contribution < 1.29 is 262 Å². The van der Waals surface area contributed by atoms with E-state index < -0.39 is 414 Å². The van der Waals surface area contributed by atoms with E-state index in [1.807, 2.05) is 0 Å². The minimum atomic E-state index is -3.33. The Balaban J connectivity index is 0.975. The lowest BCUT2D eigenvalue weighted by Gasteiger charge is -2.51. The van der Waals surface area contributed by atoms with Crippen LogP contribution in [-0.2, 0) is 119 Å². The third kappa shape index (κ3) is 24.1. The number of carbonyl (C=O) groups is 6. The molecule has 0 saturated carbocycles. The van der Waals surface area contributed by atoms with Crippen molar-refractivity contribution in [2.24, 2.45) is 0 Å². The van der Waals surface area contributed by atoms with Gasteiger partial charge in [-0.2, -0.15) is 0 Å². The molecule has 0 aromatic rings. The zero-order valence-corrected chi connectivity index (χ0v) is 70.7. The Hall–Kier alpha value is -5.02. The molecular formula is C73H121N5O53. The summed E-state index contributed by atoms with van der Waals surface area (Å²) in [6.07, 6.45) is -98.6. The number of carboxylic acids is 1. The highest BCUT2D eigenvalue weighted by Gasteiger charge is 2.64. The predicted octanol–water partition coefficient (Wildman–Crippen LogP) is -21.9. The summed E-state index contributed by atoms with van der Waals surface area (Å²) in [5.41, 5.74) is 0. The van der Waals surface area contributed by atoms with Gasteiger partial charge >= 0.3 is 5.97 Å². The Morgan fingerprint density at radius 2 is 0.679 bits per heavy atom. The summed E-state index contributed by atoms with van der Waals surface area (Å²) >= 11 is 0. The van der Waals surface area contributed by atoms with Gasteiger partial charge in [-0.25, -0.2) is 4.79 Å². The van der Waals surface area contributed by atoms with Gasteiger partial charge in [0.15, 0.2) is 56.6 Å². The molecule has 10 aliphatic rings. The van der Waals surface area contributed by atoms with Crippen molar-refractivity contribution in [2.75, 3.05) is 59.5 Å². The normalized spacial score (nSPS) is 47.5. The summed E-state index contributed by atoms with van der Waals surface area (Å²) in [4.78, 5) is 77.2. The number of ether oxygens (including phenoxy) is 19. The molecule has 10 rings (SSSR count). The van der Waals surface area contributed by atoms with E-state index >= 15 is 0 Å². The summed E-state index contributed by atoms with van der Waals surface area (Å²) in [5, 5.41) is 327. The predicted molar refractivity (Wildman–Crippen MR) is 403 cm³/mol. The molecule has 51 atom stereocenters. The van der Waals surface area contributed by atoms with E-state index in [1.165, 1.54) is 6.92 Å². The maximum atomic E-state index is 13.3. The fourth-order valence-electron chi connectivity index (χ4n) is 16.9. The van der Waals surface area contributed by atoms with Gasteiger partial charge in [0.2, 0.25) is 29.5 Å². The third-order valence-corrected chi connectivity index (χ3v) is 23.8. The van der Waals surface area contributed by atoms with Crippen molar-refractivity contribution in [3.63, 3.8) is 0 Å². The number of rotatable bonds is 35. The Bertz CT molecular complexity index is 3670. The number of hydrogen-bond acceptors (Lipinski definition) is 52. The summed E-state index contributed by atoms with van der Waals surface area (Å²) in [6.45, 7) is -4.61. The molecule has 0 aliphatic carbocycles. The zero-order valence-electron chi connectivity index (χ0n) is 70.7. The number of nitrogens with one attached hydrogen (secondary N) is 5. The maximum Gasteiger partial charge on any atom is 0.364 e. The molecule has 0 spiro atoms. The van der Waals surface area contributed by atoms with Gasteiger partial charge in [0.05, 0.1) is 77.7 Å². The van der Waals surface area contributed by atoms with Crippen LogP contribution in [-0.4, -0.2) is 550 Å². The average Bonchev–Trinajstić information content (AvgIpc) is 0.756. The number of aliphatic carboxylic acids is 1. The lowest BCUT2D eigenvalue weighted by atomic mass is 9.88.